The van der Waals surface area contributed by atoms with E-state index < -0.39 is 0 Å². The fourth-order valence-electron chi connectivity index (χ4n) is 4.16. The van der Waals surface area contributed by atoms with Crippen molar-refractivity contribution in [1.82, 2.24) is 9.55 Å². The lowest BCUT2D eigenvalue weighted by Gasteiger charge is -2.29. The van der Waals surface area contributed by atoms with Crippen molar-refractivity contribution in [3.05, 3.63) is 106 Å². The van der Waals surface area contributed by atoms with Gasteiger partial charge in [0.25, 0.3) is 11.5 Å². The minimum atomic E-state index is -0.307. The van der Waals surface area contributed by atoms with Crippen LogP contribution in [0.1, 0.15) is 27.9 Å². The molecule has 0 saturated heterocycles. The number of anilines is 1. The highest BCUT2D eigenvalue weighted by Crippen LogP contribution is 2.28. The number of fused-ring (bicyclic) bond motifs is 2. The maximum Gasteiger partial charge on any atom is 0.265 e. The Bertz CT molecular complexity index is 1290. The quantitative estimate of drug-likeness (QED) is 0.526. The highest BCUT2D eigenvalue weighted by atomic mass is 16.2. The van der Waals surface area contributed by atoms with Gasteiger partial charge in [0.15, 0.2) is 0 Å². The Balaban J connectivity index is 1.65. The van der Waals surface area contributed by atoms with E-state index in [0.717, 1.165) is 35.0 Å². The lowest BCUT2D eigenvalue weighted by Crippen LogP contribution is -2.39. The van der Waals surface area contributed by atoms with Gasteiger partial charge in [-0.3, -0.25) is 14.2 Å². The maximum atomic E-state index is 13.5. The number of aryl methyl sites for hydroxylation is 1. The molecule has 5 rings (SSSR count). The summed E-state index contributed by atoms with van der Waals surface area (Å²) >= 11 is 0. The fourth-order valence-corrected chi connectivity index (χ4v) is 4.16. The molecule has 30 heavy (non-hydrogen) atoms. The lowest BCUT2D eigenvalue weighted by molar-refractivity contribution is 0.0983. The van der Waals surface area contributed by atoms with E-state index in [1.54, 1.807) is 21.7 Å². The standard InChI is InChI=1S/C25H21N3O2/c29-24(27-15-7-12-19-10-4-5-13-22(19)27)21-16-20-11-6-14-26-23(20)28(25(21)30)17-18-8-2-1-3-9-18/h1-6,8-11,13-14,16H,7,12,15,17H2. The molecule has 2 aromatic heterocycles. The Morgan fingerprint density at radius 1 is 0.967 bits per heavy atom. The van der Waals surface area contributed by atoms with E-state index in [-0.39, 0.29) is 17.0 Å². The van der Waals surface area contributed by atoms with Crippen molar-refractivity contribution in [2.45, 2.75) is 19.4 Å². The number of para-hydroxylation sites is 1. The van der Waals surface area contributed by atoms with Crippen LogP contribution < -0.4 is 10.5 Å². The van der Waals surface area contributed by atoms with E-state index in [0.29, 0.717) is 18.7 Å². The van der Waals surface area contributed by atoms with Gasteiger partial charge in [-0.05, 0) is 48.2 Å². The second-order valence-electron chi connectivity index (χ2n) is 7.54. The smallest absolute Gasteiger partial charge is 0.265 e. The second-order valence-corrected chi connectivity index (χ2v) is 7.54. The normalized spacial score (nSPS) is 13.3. The van der Waals surface area contributed by atoms with Crippen molar-refractivity contribution in [2.75, 3.05) is 11.4 Å². The molecule has 4 aromatic rings. The molecule has 148 valence electrons. The van der Waals surface area contributed by atoms with Crippen LogP contribution >= 0.6 is 0 Å². The van der Waals surface area contributed by atoms with E-state index in [1.807, 2.05) is 66.7 Å². The molecule has 0 atom stereocenters. The van der Waals surface area contributed by atoms with Gasteiger partial charge in [-0.2, -0.15) is 0 Å². The van der Waals surface area contributed by atoms with Crippen LogP contribution in [-0.2, 0) is 13.0 Å². The van der Waals surface area contributed by atoms with Crippen LogP contribution in [0.2, 0.25) is 0 Å². The van der Waals surface area contributed by atoms with Gasteiger partial charge in [-0.15, -0.1) is 0 Å². The summed E-state index contributed by atoms with van der Waals surface area (Å²) in [5.41, 5.74) is 3.49. The van der Waals surface area contributed by atoms with Gasteiger partial charge in [0, 0.05) is 23.8 Å². The van der Waals surface area contributed by atoms with Crippen LogP contribution in [0.5, 0.6) is 0 Å². The van der Waals surface area contributed by atoms with Crippen LogP contribution in [0.3, 0.4) is 0 Å². The van der Waals surface area contributed by atoms with Gasteiger partial charge in [-0.25, -0.2) is 4.98 Å². The minimum absolute atomic E-state index is 0.183. The molecule has 0 saturated carbocycles. The molecule has 0 aliphatic carbocycles. The molecule has 5 heteroatoms. The second kappa shape index (κ2) is 7.59. The molecule has 0 bridgehead atoms. The molecule has 5 nitrogen and oxygen atoms in total. The first-order valence-corrected chi connectivity index (χ1v) is 10.1. The summed E-state index contributed by atoms with van der Waals surface area (Å²) in [5.74, 6) is -0.250. The number of nitrogens with zero attached hydrogens (tertiary/aromatic N) is 3. The van der Waals surface area contributed by atoms with Gasteiger partial charge in [0.2, 0.25) is 0 Å². The summed E-state index contributed by atoms with van der Waals surface area (Å²) in [6.45, 7) is 0.976. The summed E-state index contributed by atoms with van der Waals surface area (Å²) in [6.07, 6.45) is 3.50. The Hall–Kier alpha value is -3.73. The van der Waals surface area contributed by atoms with Crippen LogP contribution in [-0.4, -0.2) is 22.0 Å². The molecule has 2 aromatic carbocycles. The SMILES string of the molecule is O=C(c1cc2cccnc2n(Cc2ccccc2)c1=O)N1CCCc2ccccc21. The predicted octanol–water partition coefficient (Wildman–Crippen LogP) is 4.04. The van der Waals surface area contributed by atoms with Gasteiger partial charge >= 0.3 is 0 Å². The van der Waals surface area contributed by atoms with Crippen LogP contribution in [0.4, 0.5) is 5.69 Å². The zero-order valence-electron chi connectivity index (χ0n) is 16.5. The molecule has 1 amide bonds. The molecular weight excluding hydrogens is 374 g/mol. The minimum Gasteiger partial charge on any atom is -0.308 e. The summed E-state index contributed by atoms with van der Waals surface area (Å²) in [7, 11) is 0. The van der Waals surface area contributed by atoms with Gasteiger partial charge in [0.05, 0.1) is 6.54 Å². The molecule has 3 heterocycles. The summed E-state index contributed by atoms with van der Waals surface area (Å²) in [6, 6.07) is 23.1. The van der Waals surface area contributed by atoms with Crippen molar-refractivity contribution in [2.24, 2.45) is 0 Å². The molecule has 0 spiro atoms. The Morgan fingerprint density at radius 2 is 1.77 bits per heavy atom. The van der Waals surface area contributed by atoms with Gasteiger partial charge in [-0.1, -0.05) is 48.5 Å². The number of hydrogen-bond donors (Lipinski definition) is 0. The third-order valence-electron chi connectivity index (χ3n) is 5.62. The zero-order chi connectivity index (χ0) is 20.5. The molecule has 0 radical (unpaired) electrons. The maximum absolute atomic E-state index is 13.5. The van der Waals surface area contributed by atoms with E-state index in [4.69, 9.17) is 0 Å². The summed E-state index contributed by atoms with van der Waals surface area (Å²) in [5, 5.41) is 0.779. The summed E-state index contributed by atoms with van der Waals surface area (Å²) in [4.78, 5) is 33.1. The first-order valence-electron chi connectivity index (χ1n) is 10.1. The highest BCUT2D eigenvalue weighted by molar-refractivity contribution is 6.07. The Morgan fingerprint density at radius 3 is 2.63 bits per heavy atom. The van der Waals surface area contributed by atoms with Crippen LogP contribution in [0, 0.1) is 0 Å². The number of pyridine rings is 2. The topological polar surface area (TPSA) is 55.2 Å². The van der Waals surface area contributed by atoms with Crippen molar-refractivity contribution < 1.29 is 4.79 Å². The first kappa shape index (κ1) is 18.3. The first-order chi connectivity index (χ1) is 14.7. The molecule has 0 N–H and O–H groups in total. The third-order valence-corrected chi connectivity index (χ3v) is 5.62. The molecular formula is C25H21N3O2. The highest BCUT2D eigenvalue weighted by Gasteiger charge is 2.26. The van der Waals surface area contributed by atoms with E-state index in [9.17, 15) is 9.59 Å². The van der Waals surface area contributed by atoms with Crippen LogP contribution in [0.15, 0.2) is 83.8 Å². The molecule has 1 aliphatic rings. The van der Waals surface area contributed by atoms with Crippen molar-refractivity contribution in [3.8, 4) is 0 Å². The number of carbonyl (C=O) groups is 1. The number of hydrogen-bond acceptors (Lipinski definition) is 3. The fraction of sp³-hybridized carbons (Fsp3) is 0.160. The average Bonchev–Trinajstić information content (AvgIpc) is 2.80. The molecule has 0 fully saturated rings. The number of aromatic nitrogens is 2. The average molecular weight is 395 g/mol. The Labute approximate surface area is 174 Å². The van der Waals surface area contributed by atoms with E-state index in [2.05, 4.69) is 4.98 Å². The van der Waals surface area contributed by atoms with Crippen molar-refractivity contribution >= 4 is 22.6 Å². The monoisotopic (exact) mass is 395 g/mol. The van der Waals surface area contributed by atoms with Crippen LogP contribution in [0.25, 0.3) is 11.0 Å². The van der Waals surface area contributed by atoms with Crippen molar-refractivity contribution in [3.63, 3.8) is 0 Å². The third kappa shape index (κ3) is 3.18. The Kier molecular flexibility index (Phi) is 4.64. The van der Waals surface area contributed by atoms with E-state index in [1.165, 1.54) is 0 Å². The predicted molar refractivity (Wildman–Crippen MR) is 118 cm³/mol. The van der Waals surface area contributed by atoms with Gasteiger partial charge < -0.3 is 4.90 Å². The van der Waals surface area contributed by atoms with E-state index >= 15 is 0 Å². The molecule has 1 aliphatic heterocycles. The molecule has 0 unspecified atom stereocenters. The lowest BCUT2D eigenvalue weighted by atomic mass is 10.0. The van der Waals surface area contributed by atoms with Crippen molar-refractivity contribution in [1.29, 1.82) is 0 Å². The number of carbonyl (C=O) groups excluding carboxylic acids is 1. The van der Waals surface area contributed by atoms with Gasteiger partial charge in [0.1, 0.15) is 11.2 Å². The number of rotatable bonds is 3. The number of amides is 1. The number of benzene rings is 2. The zero-order valence-corrected chi connectivity index (χ0v) is 16.5. The summed E-state index contributed by atoms with van der Waals surface area (Å²) < 4.78 is 1.60. The largest absolute Gasteiger partial charge is 0.308 e.